The summed E-state index contributed by atoms with van der Waals surface area (Å²) in [5, 5.41) is 0. The minimum atomic E-state index is 1.32. The van der Waals surface area contributed by atoms with Gasteiger partial charge in [0, 0.05) is 10.2 Å². The number of hydrogen-bond acceptors (Lipinski definition) is 0. The van der Waals surface area contributed by atoms with Crippen molar-refractivity contribution in [1.29, 1.82) is 0 Å². The van der Waals surface area contributed by atoms with Crippen molar-refractivity contribution in [3.63, 3.8) is 0 Å². The minimum absolute atomic E-state index is 1.32. The normalized spacial score (nSPS) is 12.1. The molecule has 0 aliphatic carbocycles. The van der Waals surface area contributed by atoms with Crippen LogP contribution in [0.3, 0.4) is 0 Å². The van der Waals surface area contributed by atoms with Gasteiger partial charge >= 0.3 is 0 Å². The summed E-state index contributed by atoms with van der Waals surface area (Å²) in [6.45, 7) is 4.50. The molecule has 1 radical (unpaired) electrons. The molecule has 0 bridgehead atoms. The third-order valence-corrected chi connectivity index (χ3v) is 2.97. The molecule has 0 heterocycles. The van der Waals surface area contributed by atoms with Gasteiger partial charge in [0.25, 0.3) is 0 Å². The van der Waals surface area contributed by atoms with E-state index >= 15 is 0 Å². The Balaban J connectivity index is 3.00. The van der Waals surface area contributed by atoms with E-state index in [1.807, 2.05) is 10.2 Å². The number of rotatable bonds is 7. The Bertz CT molecular complexity index is 116. The molecule has 0 N–H and O–H groups in total. The Hall–Kier alpha value is -0.0431. The van der Waals surface area contributed by atoms with Crippen molar-refractivity contribution in [1.82, 2.24) is 0 Å². The summed E-state index contributed by atoms with van der Waals surface area (Å²) < 4.78 is 0. The number of allylic oxidation sites excluding steroid dienone is 1. The molecule has 0 saturated carbocycles. The standard InChI is InChI=1S/C11H23Si/c1-3-4-5-6-7-8-9-11(2)10-12/h10H,3-9,12H2,1-2H3. The highest BCUT2D eigenvalue weighted by Gasteiger charge is 1.90. The molecule has 0 spiro atoms. The molecular formula is C11H23Si. The van der Waals surface area contributed by atoms with Crippen molar-refractivity contribution in [2.75, 3.05) is 0 Å². The molecule has 12 heavy (non-hydrogen) atoms. The summed E-state index contributed by atoms with van der Waals surface area (Å²) in [5.74, 6) is 0. The van der Waals surface area contributed by atoms with E-state index in [9.17, 15) is 0 Å². The average molecular weight is 183 g/mol. The molecule has 0 unspecified atom stereocenters. The molecular weight excluding hydrogens is 160 g/mol. The topological polar surface area (TPSA) is 0 Å². The maximum atomic E-state index is 2.27. The largest absolute Gasteiger partial charge is 0.105 e. The average Bonchev–Trinajstić information content (AvgIpc) is 2.10. The van der Waals surface area contributed by atoms with Gasteiger partial charge in [0.1, 0.15) is 0 Å². The van der Waals surface area contributed by atoms with Gasteiger partial charge in [0.15, 0.2) is 0 Å². The van der Waals surface area contributed by atoms with Crippen molar-refractivity contribution in [3.05, 3.63) is 11.3 Å². The Morgan fingerprint density at radius 1 is 1.08 bits per heavy atom. The van der Waals surface area contributed by atoms with Crippen LogP contribution in [0.5, 0.6) is 0 Å². The van der Waals surface area contributed by atoms with E-state index < -0.39 is 0 Å². The Labute approximate surface area is 80.9 Å². The van der Waals surface area contributed by atoms with E-state index in [2.05, 4.69) is 19.5 Å². The number of unbranched alkanes of at least 4 members (excludes halogenated alkanes) is 5. The third-order valence-electron chi connectivity index (χ3n) is 2.27. The van der Waals surface area contributed by atoms with Gasteiger partial charge in [-0.15, -0.1) is 5.70 Å². The lowest BCUT2D eigenvalue weighted by molar-refractivity contribution is 0.606. The van der Waals surface area contributed by atoms with Gasteiger partial charge in [0.05, 0.1) is 0 Å². The predicted molar refractivity (Wildman–Crippen MR) is 60.3 cm³/mol. The molecule has 0 aromatic rings. The first-order valence-electron chi connectivity index (χ1n) is 5.26. The molecule has 0 aromatic carbocycles. The van der Waals surface area contributed by atoms with Crippen LogP contribution in [-0.2, 0) is 0 Å². The smallest absolute Gasteiger partial charge is 0.0377 e. The molecule has 0 aromatic heterocycles. The van der Waals surface area contributed by atoms with Gasteiger partial charge < -0.3 is 0 Å². The van der Waals surface area contributed by atoms with Gasteiger partial charge in [-0.2, -0.15) is 0 Å². The molecule has 0 fully saturated rings. The van der Waals surface area contributed by atoms with Gasteiger partial charge in [-0.1, -0.05) is 44.6 Å². The second-order valence-electron chi connectivity index (χ2n) is 3.57. The van der Waals surface area contributed by atoms with E-state index in [1.54, 1.807) is 5.57 Å². The molecule has 0 aliphatic heterocycles. The first-order valence-corrected chi connectivity index (χ1v) is 6.07. The third kappa shape index (κ3) is 8.06. The molecule has 0 nitrogen and oxygen atoms in total. The van der Waals surface area contributed by atoms with Crippen LogP contribution in [-0.4, -0.2) is 10.2 Å². The van der Waals surface area contributed by atoms with Gasteiger partial charge in [-0.3, -0.25) is 0 Å². The monoisotopic (exact) mass is 183 g/mol. The van der Waals surface area contributed by atoms with Gasteiger partial charge in [-0.25, -0.2) is 0 Å². The van der Waals surface area contributed by atoms with Gasteiger partial charge in [-0.05, 0) is 19.8 Å². The highest BCUT2D eigenvalue weighted by molar-refractivity contribution is 6.17. The van der Waals surface area contributed by atoms with Crippen LogP contribution < -0.4 is 0 Å². The maximum absolute atomic E-state index is 2.27. The quantitative estimate of drug-likeness (QED) is 0.420. The summed E-state index contributed by atoms with van der Waals surface area (Å²) in [4.78, 5) is 0. The summed E-state index contributed by atoms with van der Waals surface area (Å²) in [6.07, 6.45) is 9.79. The molecule has 0 saturated heterocycles. The van der Waals surface area contributed by atoms with Crippen LogP contribution in [0.1, 0.15) is 58.8 Å². The lowest BCUT2D eigenvalue weighted by atomic mass is 10.1. The summed E-state index contributed by atoms with van der Waals surface area (Å²) in [5.41, 5.74) is 3.82. The lowest BCUT2D eigenvalue weighted by Gasteiger charge is -2.00. The molecule has 0 amide bonds. The van der Waals surface area contributed by atoms with Crippen molar-refractivity contribution in [3.8, 4) is 0 Å². The van der Waals surface area contributed by atoms with Crippen LogP contribution in [0.15, 0.2) is 11.3 Å². The van der Waals surface area contributed by atoms with Crippen molar-refractivity contribution < 1.29 is 0 Å². The van der Waals surface area contributed by atoms with E-state index in [0.29, 0.717) is 0 Å². The Kier molecular flexibility index (Phi) is 9.02. The second kappa shape index (κ2) is 9.05. The number of hydrogen-bond donors (Lipinski definition) is 0. The fourth-order valence-electron chi connectivity index (χ4n) is 1.29. The minimum Gasteiger partial charge on any atom is -0.105 e. The van der Waals surface area contributed by atoms with Crippen LogP contribution in [0.4, 0.5) is 0 Å². The van der Waals surface area contributed by atoms with Crippen molar-refractivity contribution in [2.24, 2.45) is 0 Å². The Morgan fingerprint density at radius 3 is 2.25 bits per heavy atom. The summed E-state index contributed by atoms with van der Waals surface area (Å²) in [7, 11) is 1.95. The zero-order valence-corrected chi connectivity index (χ0v) is 10.1. The van der Waals surface area contributed by atoms with E-state index in [4.69, 9.17) is 0 Å². The fraction of sp³-hybridized carbons (Fsp3) is 0.818. The summed E-state index contributed by atoms with van der Waals surface area (Å²) in [6, 6.07) is 0. The summed E-state index contributed by atoms with van der Waals surface area (Å²) >= 11 is 0. The van der Waals surface area contributed by atoms with Crippen LogP contribution in [0.2, 0.25) is 0 Å². The predicted octanol–water partition coefficient (Wildman–Crippen LogP) is 3.27. The van der Waals surface area contributed by atoms with Crippen molar-refractivity contribution >= 4 is 10.2 Å². The SMILES string of the molecule is CCCCCCCCC(C)=C[SiH2]. The molecule has 0 atom stereocenters. The molecule has 0 aliphatic rings. The van der Waals surface area contributed by atoms with Crippen molar-refractivity contribution in [2.45, 2.75) is 58.8 Å². The first kappa shape index (κ1) is 12.0. The van der Waals surface area contributed by atoms with Crippen LogP contribution in [0.25, 0.3) is 0 Å². The highest BCUT2D eigenvalue weighted by Crippen LogP contribution is 2.10. The zero-order chi connectivity index (χ0) is 9.23. The van der Waals surface area contributed by atoms with E-state index in [-0.39, 0.29) is 0 Å². The van der Waals surface area contributed by atoms with E-state index in [1.165, 1.54) is 44.9 Å². The first-order chi connectivity index (χ1) is 5.81. The molecule has 71 valence electrons. The second-order valence-corrected chi connectivity index (χ2v) is 3.98. The lowest BCUT2D eigenvalue weighted by Crippen LogP contribution is -1.81. The highest BCUT2D eigenvalue weighted by atomic mass is 28.1. The molecule has 1 heteroatoms. The van der Waals surface area contributed by atoms with Crippen LogP contribution >= 0.6 is 0 Å². The van der Waals surface area contributed by atoms with Crippen LogP contribution in [0, 0.1) is 0 Å². The maximum Gasteiger partial charge on any atom is 0.0377 e. The van der Waals surface area contributed by atoms with Gasteiger partial charge in [0.2, 0.25) is 0 Å². The molecule has 0 rings (SSSR count). The Morgan fingerprint density at radius 2 is 1.67 bits per heavy atom. The zero-order valence-electron chi connectivity index (χ0n) is 8.73. The van der Waals surface area contributed by atoms with E-state index in [0.717, 1.165) is 0 Å². The fourth-order valence-corrected chi connectivity index (χ4v) is 1.49.